The van der Waals surface area contributed by atoms with Crippen molar-refractivity contribution >= 4 is 51.8 Å². The summed E-state index contributed by atoms with van der Waals surface area (Å²) in [6, 6.07) is 11.4. The van der Waals surface area contributed by atoms with Crippen LogP contribution in [0, 0.1) is 13.8 Å². The molecule has 1 unspecified atom stereocenters. The minimum atomic E-state index is -0.386. The van der Waals surface area contributed by atoms with Gasteiger partial charge in [0.2, 0.25) is 11.1 Å². The van der Waals surface area contributed by atoms with Crippen LogP contribution in [0.1, 0.15) is 41.3 Å². The van der Waals surface area contributed by atoms with Gasteiger partial charge in [0.05, 0.1) is 15.0 Å². The molecule has 0 aliphatic carbocycles. The molecule has 4 heterocycles. The van der Waals surface area contributed by atoms with Crippen LogP contribution in [-0.4, -0.2) is 38.7 Å². The number of rotatable bonds is 7. The molecule has 1 aliphatic heterocycles. The van der Waals surface area contributed by atoms with Gasteiger partial charge in [0.15, 0.2) is 5.78 Å². The standard InChI is InChI=1S/C26H24N4O2S3/c1-15-10-13-33-24(15)21-22(25-16(2)11-14-34-25)28-29-26(27-21)35-17(3)23(32)18-6-8-19(9-7-18)30-12-4-5-20(30)31/h6-11,13-14,17H,4-5,12H2,1-3H3. The Hall–Kier alpha value is -2.88. The highest BCUT2D eigenvalue weighted by Gasteiger charge is 2.24. The van der Waals surface area contributed by atoms with Gasteiger partial charge in [-0.1, -0.05) is 11.8 Å². The van der Waals surface area contributed by atoms with Crippen LogP contribution in [0.3, 0.4) is 0 Å². The Balaban J connectivity index is 1.39. The molecule has 1 amide bonds. The summed E-state index contributed by atoms with van der Waals surface area (Å²) in [5, 5.41) is 13.1. The topological polar surface area (TPSA) is 76.1 Å². The first kappa shape index (κ1) is 23.8. The first-order valence-electron chi connectivity index (χ1n) is 11.4. The Morgan fingerprint density at radius 1 is 0.971 bits per heavy atom. The zero-order valence-electron chi connectivity index (χ0n) is 19.6. The van der Waals surface area contributed by atoms with Crippen LogP contribution in [0.4, 0.5) is 5.69 Å². The lowest BCUT2D eigenvalue weighted by Crippen LogP contribution is -2.23. The third-order valence-electron chi connectivity index (χ3n) is 6.01. The van der Waals surface area contributed by atoms with E-state index in [1.54, 1.807) is 39.7 Å². The molecule has 1 fully saturated rings. The van der Waals surface area contributed by atoms with E-state index < -0.39 is 0 Å². The third-order valence-corrected chi connectivity index (χ3v) is 9.01. The maximum absolute atomic E-state index is 13.1. The van der Waals surface area contributed by atoms with Crippen molar-refractivity contribution in [2.24, 2.45) is 0 Å². The quantitative estimate of drug-likeness (QED) is 0.206. The SMILES string of the molecule is Cc1ccsc1-c1nnc(SC(C)C(=O)c2ccc(N3CCCC3=O)cc2)nc1-c1sccc1C. The van der Waals surface area contributed by atoms with E-state index in [2.05, 4.69) is 41.6 Å². The number of carbonyl (C=O) groups is 2. The largest absolute Gasteiger partial charge is 0.312 e. The van der Waals surface area contributed by atoms with Gasteiger partial charge < -0.3 is 4.90 Å². The van der Waals surface area contributed by atoms with E-state index in [4.69, 9.17) is 4.98 Å². The van der Waals surface area contributed by atoms with E-state index in [9.17, 15) is 9.59 Å². The summed E-state index contributed by atoms with van der Waals surface area (Å²) in [6.07, 6.45) is 1.46. The van der Waals surface area contributed by atoms with Gasteiger partial charge in [0, 0.05) is 24.2 Å². The highest BCUT2D eigenvalue weighted by atomic mass is 32.2. The number of thiophene rings is 2. The predicted octanol–water partition coefficient (Wildman–Crippen LogP) is 6.44. The van der Waals surface area contributed by atoms with E-state index in [1.807, 2.05) is 24.4 Å². The van der Waals surface area contributed by atoms with Gasteiger partial charge in [-0.05, 0) is 85.5 Å². The summed E-state index contributed by atoms with van der Waals surface area (Å²) < 4.78 is 0. The minimum Gasteiger partial charge on any atom is -0.312 e. The fraction of sp³-hybridized carbons (Fsp3) is 0.269. The van der Waals surface area contributed by atoms with Crippen molar-refractivity contribution in [3.8, 4) is 21.1 Å². The maximum atomic E-state index is 13.1. The first-order valence-corrected chi connectivity index (χ1v) is 14.0. The highest BCUT2D eigenvalue weighted by molar-refractivity contribution is 8.00. The van der Waals surface area contributed by atoms with Gasteiger partial charge in [0.25, 0.3) is 0 Å². The molecule has 35 heavy (non-hydrogen) atoms. The Kier molecular flexibility index (Phi) is 6.82. The number of Topliss-reactive ketones (excluding diaryl/α,β-unsaturated/α-hetero) is 1. The summed E-state index contributed by atoms with van der Waals surface area (Å²) in [5.74, 6) is 0.126. The Morgan fingerprint density at radius 3 is 2.20 bits per heavy atom. The molecule has 0 bridgehead atoms. The summed E-state index contributed by atoms with van der Waals surface area (Å²) >= 11 is 4.57. The number of thioether (sulfide) groups is 1. The molecule has 178 valence electrons. The Labute approximate surface area is 216 Å². The molecule has 0 saturated carbocycles. The van der Waals surface area contributed by atoms with Crippen LogP contribution in [0.15, 0.2) is 52.3 Å². The summed E-state index contributed by atoms with van der Waals surface area (Å²) in [7, 11) is 0. The van der Waals surface area contributed by atoms with Crippen molar-refractivity contribution in [3.63, 3.8) is 0 Å². The zero-order chi connectivity index (χ0) is 24.5. The fourth-order valence-electron chi connectivity index (χ4n) is 4.08. The Bertz CT molecular complexity index is 1390. The van der Waals surface area contributed by atoms with Gasteiger partial charge in [0.1, 0.15) is 11.4 Å². The lowest BCUT2D eigenvalue weighted by atomic mass is 10.1. The van der Waals surface area contributed by atoms with Crippen LogP contribution in [-0.2, 0) is 4.79 Å². The molecule has 0 radical (unpaired) electrons. The minimum absolute atomic E-state index is 0.00932. The average molecular weight is 521 g/mol. The molecule has 0 spiro atoms. The molecule has 0 N–H and O–H groups in total. The molecule has 9 heteroatoms. The normalized spacial score (nSPS) is 14.5. The second kappa shape index (κ2) is 10.0. The van der Waals surface area contributed by atoms with Crippen molar-refractivity contribution < 1.29 is 9.59 Å². The summed E-state index contributed by atoms with van der Waals surface area (Å²) in [4.78, 5) is 33.9. The molecule has 6 nitrogen and oxygen atoms in total. The second-order valence-electron chi connectivity index (χ2n) is 8.48. The molecule has 5 rings (SSSR count). The second-order valence-corrected chi connectivity index (χ2v) is 11.6. The molecule has 1 atom stereocenters. The van der Waals surface area contributed by atoms with E-state index in [0.717, 1.165) is 50.9 Å². The molecule has 3 aromatic heterocycles. The van der Waals surface area contributed by atoms with Crippen LogP contribution in [0.5, 0.6) is 0 Å². The summed E-state index contributed by atoms with van der Waals surface area (Å²) in [6.45, 7) is 6.72. The van der Waals surface area contributed by atoms with E-state index in [-0.39, 0.29) is 16.9 Å². The van der Waals surface area contributed by atoms with Crippen LogP contribution >= 0.6 is 34.4 Å². The van der Waals surface area contributed by atoms with Crippen LogP contribution < -0.4 is 4.90 Å². The van der Waals surface area contributed by atoms with Gasteiger partial charge in [-0.25, -0.2) is 4.98 Å². The van der Waals surface area contributed by atoms with Gasteiger partial charge >= 0.3 is 0 Å². The van der Waals surface area contributed by atoms with Crippen LogP contribution in [0.2, 0.25) is 0 Å². The van der Waals surface area contributed by atoms with Gasteiger partial charge in [-0.3, -0.25) is 9.59 Å². The first-order chi connectivity index (χ1) is 16.9. The average Bonchev–Trinajstić information content (AvgIpc) is 3.60. The molecule has 1 saturated heterocycles. The monoisotopic (exact) mass is 520 g/mol. The van der Waals surface area contributed by atoms with Crippen molar-refractivity contribution in [2.75, 3.05) is 11.4 Å². The molecule has 1 aromatic carbocycles. The number of nitrogens with zero attached hydrogens (tertiary/aromatic N) is 4. The number of hydrogen-bond acceptors (Lipinski definition) is 8. The molecular formula is C26H24N4O2S3. The van der Waals surface area contributed by atoms with Crippen molar-refractivity contribution in [1.82, 2.24) is 15.2 Å². The lowest BCUT2D eigenvalue weighted by Gasteiger charge is -2.16. The lowest BCUT2D eigenvalue weighted by molar-refractivity contribution is -0.117. The number of carbonyl (C=O) groups excluding carboxylic acids is 2. The number of aromatic nitrogens is 3. The van der Waals surface area contributed by atoms with Crippen molar-refractivity contribution in [3.05, 3.63) is 63.8 Å². The van der Waals surface area contributed by atoms with Crippen molar-refractivity contribution in [1.29, 1.82) is 0 Å². The van der Waals surface area contributed by atoms with Gasteiger partial charge in [-0.15, -0.1) is 32.9 Å². The van der Waals surface area contributed by atoms with Crippen molar-refractivity contribution in [2.45, 2.75) is 44.0 Å². The summed E-state index contributed by atoms with van der Waals surface area (Å²) in [5.41, 5.74) is 5.31. The van der Waals surface area contributed by atoms with E-state index in [0.29, 0.717) is 17.1 Å². The van der Waals surface area contributed by atoms with E-state index >= 15 is 0 Å². The smallest absolute Gasteiger partial charge is 0.227 e. The number of benzene rings is 1. The maximum Gasteiger partial charge on any atom is 0.227 e. The molecular weight excluding hydrogens is 497 g/mol. The molecule has 1 aliphatic rings. The molecule has 4 aromatic rings. The van der Waals surface area contributed by atoms with Gasteiger partial charge in [-0.2, -0.15) is 0 Å². The number of amides is 1. The zero-order valence-corrected chi connectivity index (χ0v) is 22.1. The van der Waals surface area contributed by atoms with E-state index in [1.165, 1.54) is 11.8 Å². The van der Waals surface area contributed by atoms with Crippen LogP contribution in [0.25, 0.3) is 21.1 Å². The highest BCUT2D eigenvalue weighted by Crippen LogP contribution is 2.38. The number of aryl methyl sites for hydroxylation is 2. The number of ketones is 1. The number of anilines is 1. The fourth-order valence-corrected chi connectivity index (χ4v) is 6.69. The predicted molar refractivity (Wildman–Crippen MR) is 144 cm³/mol. The Morgan fingerprint density at radius 2 is 1.63 bits per heavy atom. The number of hydrogen-bond donors (Lipinski definition) is 0. The third kappa shape index (κ3) is 4.80.